The Morgan fingerprint density at radius 3 is 3.05 bits per heavy atom. The minimum atomic E-state index is -0.195. The molecule has 0 saturated heterocycles. The lowest BCUT2D eigenvalue weighted by atomic mass is 10.2. The highest BCUT2D eigenvalue weighted by Crippen LogP contribution is 2.28. The highest BCUT2D eigenvalue weighted by molar-refractivity contribution is 8.02. The van der Waals surface area contributed by atoms with Gasteiger partial charge in [0.25, 0.3) is 0 Å². The number of rotatable bonds is 7. The van der Waals surface area contributed by atoms with E-state index in [9.17, 15) is 4.79 Å². The molecule has 6 nitrogen and oxygen atoms in total. The van der Waals surface area contributed by atoms with Crippen molar-refractivity contribution in [3.63, 3.8) is 0 Å². The van der Waals surface area contributed by atoms with Crippen molar-refractivity contribution in [2.75, 3.05) is 5.32 Å². The van der Waals surface area contributed by atoms with Crippen molar-refractivity contribution in [2.24, 2.45) is 0 Å². The third kappa shape index (κ3) is 4.31. The first-order chi connectivity index (χ1) is 9.69. The molecule has 2 heterocycles. The number of aryl methyl sites for hydroxylation is 1. The number of carbonyl (C=O) groups is 1. The summed E-state index contributed by atoms with van der Waals surface area (Å²) in [4.78, 5) is 12.3. The third-order valence-corrected chi connectivity index (χ3v) is 4.65. The van der Waals surface area contributed by atoms with Gasteiger partial charge in [-0.1, -0.05) is 48.0 Å². The normalized spacial score (nSPS) is 12.3. The quantitative estimate of drug-likeness (QED) is 0.791. The Hall–Kier alpha value is -1.41. The van der Waals surface area contributed by atoms with Gasteiger partial charge >= 0.3 is 0 Å². The van der Waals surface area contributed by atoms with E-state index in [4.69, 9.17) is 4.52 Å². The van der Waals surface area contributed by atoms with Crippen molar-refractivity contribution < 1.29 is 9.32 Å². The molecule has 8 heteroatoms. The number of thioether (sulfide) groups is 1. The van der Waals surface area contributed by atoms with E-state index in [1.807, 2.05) is 0 Å². The zero-order valence-corrected chi connectivity index (χ0v) is 13.0. The maximum absolute atomic E-state index is 12.3. The summed E-state index contributed by atoms with van der Waals surface area (Å²) < 4.78 is 5.74. The van der Waals surface area contributed by atoms with Crippen LogP contribution < -0.4 is 5.32 Å². The number of hydrogen-bond donors (Lipinski definition) is 1. The van der Waals surface area contributed by atoms with Crippen molar-refractivity contribution in [2.45, 2.75) is 42.7 Å². The van der Waals surface area contributed by atoms with Crippen LogP contribution in [0.1, 0.15) is 31.9 Å². The Morgan fingerprint density at radius 1 is 1.60 bits per heavy atom. The van der Waals surface area contributed by atoms with E-state index in [1.54, 1.807) is 18.5 Å². The van der Waals surface area contributed by atoms with Crippen LogP contribution in [0.4, 0.5) is 5.82 Å². The van der Waals surface area contributed by atoms with Gasteiger partial charge < -0.3 is 9.84 Å². The monoisotopic (exact) mass is 312 g/mol. The zero-order chi connectivity index (χ0) is 14.4. The van der Waals surface area contributed by atoms with Gasteiger partial charge in [-0.3, -0.25) is 4.79 Å². The topological polar surface area (TPSA) is 80.9 Å². The van der Waals surface area contributed by atoms with Crippen LogP contribution in [0.3, 0.4) is 0 Å². The Balaban J connectivity index is 1.99. The number of hydrogen-bond acceptors (Lipinski definition) is 7. The van der Waals surface area contributed by atoms with E-state index in [2.05, 4.69) is 27.6 Å². The number of amides is 1. The van der Waals surface area contributed by atoms with Gasteiger partial charge in [-0.15, -0.1) is 10.2 Å². The van der Waals surface area contributed by atoms with Gasteiger partial charge in [0.15, 0.2) is 10.2 Å². The number of nitrogens with one attached hydrogen (secondary N) is 1. The lowest BCUT2D eigenvalue weighted by molar-refractivity contribution is -0.115. The number of anilines is 1. The molecule has 0 unspecified atom stereocenters. The lowest BCUT2D eigenvalue weighted by Gasteiger charge is -2.13. The molecule has 108 valence electrons. The van der Waals surface area contributed by atoms with Crippen LogP contribution in [-0.4, -0.2) is 26.5 Å². The van der Waals surface area contributed by atoms with Crippen molar-refractivity contribution >= 4 is 34.8 Å². The van der Waals surface area contributed by atoms with E-state index >= 15 is 0 Å². The molecule has 0 radical (unpaired) electrons. The van der Waals surface area contributed by atoms with Crippen molar-refractivity contribution in [1.82, 2.24) is 15.4 Å². The van der Waals surface area contributed by atoms with Crippen LogP contribution >= 0.6 is 23.1 Å². The minimum absolute atomic E-state index is 0.0769. The summed E-state index contributed by atoms with van der Waals surface area (Å²) in [7, 11) is 0. The fraction of sp³-hybridized carbons (Fsp3) is 0.500. The second kappa shape index (κ2) is 7.39. The van der Waals surface area contributed by atoms with Crippen LogP contribution in [0.15, 0.2) is 20.4 Å². The standard InChI is InChI=1S/C12H16N4O2S2/c1-3-4-5-9(20-12-15-13-7-19-12)11(17)14-10-6-8(2)18-16-10/h6-7,9H,3-5H2,1-2H3,(H,14,16,17)/t9-/m1/s1. The van der Waals surface area contributed by atoms with E-state index < -0.39 is 0 Å². The van der Waals surface area contributed by atoms with Crippen LogP contribution in [0.2, 0.25) is 0 Å². The maximum atomic E-state index is 12.3. The fourth-order valence-electron chi connectivity index (χ4n) is 1.60. The number of carbonyl (C=O) groups excluding carboxylic acids is 1. The molecule has 1 N–H and O–H groups in total. The molecule has 1 amide bonds. The maximum Gasteiger partial charge on any atom is 0.239 e. The fourth-order valence-corrected chi connectivity index (χ4v) is 3.37. The van der Waals surface area contributed by atoms with Gasteiger partial charge in [-0.2, -0.15) is 0 Å². The number of aromatic nitrogens is 3. The summed E-state index contributed by atoms with van der Waals surface area (Å²) in [6.07, 6.45) is 2.83. The summed E-state index contributed by atoms with van der Waals surface area (Å²) in [5.41, 5.74) is 1.66. The van der Waals surface area contributed by atoms with Gasteiger partial charge in [0.1, 0.15) is 11.3 Å². The molecule has 2 aromatic rings. The van der Waals surface area contributed by atoms with Crippen LogP contribution in [0.5, 0.6) is 0 Å². The molecular weight excluding hydrogens is 296 g/mol. The molecular formula is C12H16N4O2S2. The first-order valence-electron chi connectivity index (χ1n) is 6.36. The van der Waals surface area contributed by atoms with E-state index in [-0.39, 0.29) is 11.2 Å². The molecule has 0 aliphatic heterocycles. The first kappa shape index (κ1) is 15.0. The second-order valence-corrected chi connectivity index (χ2v) is 6.55. The Morgan fingerprint density at radius 2 is 2.45 bits per heavy atom. The molecule has 0 saturated carbocycles. The Bertz CT molecular complexity index is 541. The van der Waals surface area contributed by atoms with Gasteiger partial charge in [0.2, 0.25) is 5.91 Å². The van der Waals surface area contributed by atoms with Crippen LogP contribution in [-0.2, 0) is 4.79 Å². The number of unbranched alkanes of at least 4 members (excludes halogenated alkanes) is 1. The molecule has 0 bridgehead atoms. The molecule has 0 spiro atoms. The molecule has 2 rings (SSSR count). The Labute approximate surface area is 125 Å². The zero-order valence-electron chi connectivity index (χ0n) is 11.3. The second-order valence-electron chi connectivity index (χ2n) is 4.27. The largest absolute Gasteiger partial charge is 0.360 e. The summed E-state index contributed by atoms with van der Waals surface area (Å²) in [5, 5.41) is 14.1. The molecule has 1 atom stereocenters. The summed E-state index contributed by atoms with van der Waals surface area (Å²) in [6, 6.07) is 1.70. The summed E-state index contributed by atoms with van der Waals surface area (Å²) in [5.74, 6) is 1.04. The molecule has 0 aromatic carbocycles. The van der Waals surface area contributed by atoms with Gasteiger partial charge in [0.05, 0.1) is 5.25 Å². The van der Waals surface area contributed by atoms with Crippen molar-refractivity contribution in [1.29, 1.82) is 0 Å². The van der Waals surface area contributed by atoms with Crippen LogP contribution in [0, 0.1) is 6.92 Å². The van der Waals surface area contributed by atoms with E-state index in [0.717, 1.165) is 23.6 Å². The lowest BCUT2D eigenvalue weighted by Crippen LogP contribution is -2.25. The highest BCUT2D eigenvalue weighted by Gasteiger charge is 2.21. The molecule has 0 aliphatic carbocycles. The van der Waals surface area contributed by atoms with E-state index in [1.165, 1.54) is 23.1 Å². The van der Waals surface area contributed by atoms with Crippen LogP contribution in [0.25, 0.3) is 0 Å². The van der Waals surface area contributed by atoms with Gasteiger partial charge in [-0.25, -0.2) is 0 Å². The molecule has 0 aliphatic rings. The highest BCUT2D eigenvalue weighted by atomic mass is 32.2. The predicted molar refractivity (Wildman–Crippen MR) is 78.9 cm³/mol. The van der Waals surface area contributed by atoms with Crippen molar-refractivity contribution in [3.05, 3.63) is 17.3 Å². The number of nitrogens with zero attached hydrogens (tertiary/aromatic N) is 3. The minimum Gasteiger partial charge on any atom is -0.360 e. The summed E-state index contributed by atoms with van der Waals surface area (Å²) >= 11 is 2.88. The predicted octanol–water partition coefficient (Wildman–Crippen LogP) is 3.12. The van der Waals surface area contributed by atoms with E-state index in [0.29, 0.717) is 11.6 Å². The Kier molecular flexibility index (Phi) is 5.54. The molecule has 2 aromatic heterocycles. The third-order valence-electron chi connectivity index (χ3n) is 2.57. The molecule has 20 heavy (non-hydrogen) atoms. The molecule has 0 fully saturated rings. The first-order valence-corrected chi connectivity index (χ1v) is 8.12. The average molecular weight is 312 g/mol. The average Bonchev–Trinajstić information content (AvgIpc) is 3.06. The van der Waals surface area contributed by atoms with Crippen molar-refractivity contribution in [3.8, 4) is 0 Å². The smallest absolute Gasteiger partial charge is 0.239 e. The summed E-state index contributed by atoms with van der Waals surface area (Å²) in [6.45, 7) is 3.89. The van der Waals surface area contributed by atoms with Gasteiger partial charge in [-0.05, 0) is 13.3 Å². The van der Waals surface area contributed by atoms with Gasteiger partial charge in [0, 0.05) is 6.07 Å². The SMILES string of the molecule is CCCC[C@@H](Sc1nncs1)C(=O)Nc1cc(C)on1.